The fourth-order valence-corrected chi connectivity index (χ4v) is 4.26. The Balaban J connectivity index is 1.61. The van der Waals surface area contributed by atoms with E-state index in [1.54, 1.807) is 0 Å². The van der Waals surface area contributed by atoms with Crippen LogP contribution in [-0.2, 0) is 13.6 Å². The summed E-state index contributed by atoms with van der Waals surface area (Å²) in [6.07, 6.45) is 11.5. The third-order valence-corrected chi connectivity index (χ3v) is 5.86. The number of aryl methyl sites for hydroxylation is 1. The summed E-state index contributed by atoms with van der Waals surface area (Å²) in [5, 5.41) is 15.3. The van der Waals surface area contributed by atoms with E-state index in [4.69, 9.17) is 4.99 Å². The Hall–Kier alpha value is -1.85. The lowest BCUT2D eigenvalue weighted by Crippen LogP contribution is -2.47. The van der Waals surface area contributed by atoms with Gasteiger partial charge >= 0.3 is 0 Å². The fourth-order valence-electron chi connectivity index (χ4n) is 4.26. The van der Waals surface area contributed by atoms with Gasteiger partial charge in [-0.05, 0) is 38.0 Å². The van der Waals surface area contributed by atoms with Gasteiger partial charge in [0.15, 0.2) is 11.8 Å². The van der Waals surface area contributed by atoms with Crippen LogP contribution in [0.2, 0.25) is 0 Å². The number of hydrogen-bond acceptors (Lipinski definition) is 3. The summed E-state index contributed by atoms with van der Waals surface area (Å²) in [7, 11) is 1.98. The highest BCUT2D eigenvalue weighted by Crippen LogP contribution is 2.40. The summed E-state index contributed by atoms with van der Waals surface area (Å²) in [6.45, 7) is 6.99. The average molecular weight is 345 g/mol. The molecular weight excluding hydrogens is 312 g/mol. The van der Waals surface area contributed by atoms with Gasteiger partial charge in [0.1, 0.15) is 12.4 Å². The number of rotatable bonds is 5. The number of aliphatic imine (C=N–C) groups is 1. The third-order valence-electron chi connectivity index (χ3n) is 5.86. The molecule has 2 aliphatic rings. The summed E-state index contributed by atoms with van der Waals surface area (Å²) < 4.78 is 1.99. The van der Waals surface area contributed by atoms with Gasteiger partial charge in [0.25, 0.3) is 0 Å². The SMILES string of the molecule is C=CCNC(=NCc1nnc(C)n1C)NC1CCC2CCCCC2C1. The summed E-state index contributed by atoms with van der Waals surface area (Å²) in [4.78, 5) is 4.73. The molecule has 0 bridgehead atoms. The number of nitrogens with one attached hydrogen (secondary N) is 2. The molecule has 3 unspecified atom stereocenters. The summed E-state index contributed by atoms with van der Waals surface area (Å²) in [6, 6.07) is 0.525. The molecule has 138 valence electrons. The van der Waals surface area contributed by atoms with E-state index in [2.05, 4.69) is 27.4 Å². The van der Waals surface area contributed by atoms with Gasteiger partial charge in [-0.2, -0.15) is 0 Å². The lowest BCUT2D eigenvalue weighted by Gasteiger charge is -2.39. The van der Waals surface area contributed by atoms with Crippen molar-refractivity contribution in [2.45, 2.75) is 64.5 Å². The van der Waals surface area contributed by atoms with Crippen LogP contribution in [0.25, 0.3) is 0 Å². The molecule has 0 radical (unpaired) electrons. The minimum Gasteiger partial charge on any atom is -0.354 e. The number of aromatic nitrogens is 3. The first kappa shape index (κ1) is 18.0. The van der Waals surface area contributed by atoms with Crippen LogP contribution in [-0.4, -0.2) is 33.3 Å². The molecule has 2 fully saturated rings. The Bertz CT molecular complexity index is 605. The average Bonchev–Trinajstić information content (AvgIpc) is 2.96. The zero-order valence-corrected chi connectivity index (χ0v) is 15.7. The van der Waals surface area contributed by atoms with Crippen LogP contribution in [0.15, 0.2) is 17.6 Å². The van der Waals surface area contributed by atoms with E-state index in [0.29, 0.717) is 19.1 Å². The van der Waals surface area contributed by atoms with Crippen molar-refractivity contribution in [1.82, 2.24) is 25.4 Å². The molecule has 6 heteroatoms. The third kappa shape index (κ3) is 4.61. The van der Waals surface area contributed by atoms with Crippen LogP contribution >= 0.6 is 0 Å². The van der Waals surface area contributed by atoms with Gasteiger partial charge in [-0.25, -0.2) is 4.99 Å². The molecule has 2 aliphatic carbocycles. The molecule has 1 heterocycles. The van der Waals surface area contributed by atoms with E-state index < -0.39 is 0 Å². The Morgan fingerprint density at radius 3 is 2.76 bits per heavy atom. The molecule has 2 saturated carbocycles. The molecule has 3 atom stereocenters. The van der Waals surface area contributed by atoms with Crippen LogP contribution in [0.4, 0.5) is 0 Å². The Labute approximate surface area is 151 Å². The maximum absolute atomic E-state index is 4.73. The number of hydrogen-bond donors (Lipinski definition) is 2. The van der Waals surface area contributed by atoms with Crippen molar-refractivity contribution in [1.29, 1.82) is 0 Å². The largest absolute Gasteiger partial charge is 0.354 e. The first-order valence-corrected chi connectivity index (χ1v) is 9.68. The van der Waals surface area contributed by atoms with Crippen LogP contribution in [0.3, 0.4) is 0 Å². The van der Waals surface area contributed by atoms with Gasteiger partial charge in [0, 0.05) is 19.6 Å². The normalized spacial score (nSPS) is 26.8. The molecule has 3 rings (SSSR count). The minimum absolute atomic E-state index is 0.525. The van der Waals surface area contributed by atoms with Gasteiger partial charge in [0.2, 0.25) is 0 Å². The van der Waals surface area contributed by atoms with Crippen LogP contribution in [0.1, 0.15) is 56.6 Å². The van der Waals surface area contributed by atoms with E-state index in [9.17, 15) is 0 Å². The van der Waals surface area contributed by atoms with Crippen molar-refractivity contribution in [3.63, 3.8) is 0 Å². The molecule has 0 aliphatic heterocycles. The van der Waals surface area contributed by atoms with Crippen molar-refractivity contribution in [2.75, 3.05) is 6.54 Å². The van der Waals surface area contributed by atoms with E-state index >= 15 is 0 Å². The summed E-state index contributed by atoms with van der Waals surface area (Å²) in [5.74, 6) is 4.53. The Morgan fingerprint density at radius 1 is 1.24 bits per heavy atom. The monoisotopic (exact) mass is 344 g/mol. The first-order valence-electron chi connectivity index (χ1n) is 9.68. The van der Waals surface area contributed by atoms with Crippen LogP contribution < -0.4 is 10.6 Å². The lowest BCUT2D eigenvalue weighted by molar-refractivity contribution is 0.150. The standard InChI is InChI=1S/C19H32N6/c1-4-11-20-19(21-13-18-24-23-14(2)25(18)3)22-17-10-9-15-7-5-6-8-16(15)12-17/h4,15-17H,1,5-13H2,2-3H3,(H2,20,21,22). The highest BCUT2D eigenvalue weighted by molar-refractivity contribution is 5.80. The maximum atomic E-state index is 4.73. The molecule has 2 N–H and O–H groups in total. The molecule has 25 heavy (non-hydrogen) atoms. The van der Waals surface area contributed by atoms with Gasteiger partial charge in [0.05, 0.1) is 0 Å². The summed E-state index contributed by atoms with van der Waals surface area (Å²) in [5.41, 5.74) is 0. The second-order valence-electron chi connectivity index (χ2n) is 7.52. The zero-order valence-electron chi connectivity index (χ0n) is 15.7. The van der Waals surface area contributed by atoms with Gasteiger partial charge in [-0.1, -0.05) is 31.8 Å². The predicted molar refractivity (Wildman–Crippen MR) is 101 cm³/mol. The van der Waals surface area contributed by atoms with Gasteiger partial charge < -0.3 is 15.2 Å². The zero-order chi connectivity index (χ0) is 17.6. The number of nitrogens with zero attached hydrogens (tertiary/aromatic N) is 4. The minimum atomic E-state index is 0.525. The second-order valence-corrected chi connectivity index (χ2v) is 7.52. The molecule has 0 spiro atoms. The lowest BCUT2D eigenvalue weighted by atomic mass is 9.69. The highest BCUT2D eigenvalue weighted by atomic mass is 15.3. The molecule has 1 aromatic heterocycles. The van der Waals surface area contributed by atoms with Gasteiger partial charge in [-0.15, -0.1) is 16.8 Å². The quantitative estimate of drug-likeness (QED) is 0.490. The van der Waals surface area contributed by atoms with E-state index in [-0.39, 0.29) is 0 Å². The fraction of sp³-hybridized carbons (Fsp3) is 0.737. The van der Waals surface area contributed by atoms with E-state index in [0.717, 1.165) is 29.4 Å². The van der Waals surface area contributed by atoms with Crippen molar-refractivity contribution < 1.29 is 0 Å². The topological polar surface area (TPSA) is 67.1 Å². The number of guanidine groups is 1. The van der Waals surface area contributed by atoms with E-state index in [1.807, 2.05) is 24.6 Å². The number of fused-ring (bicyclic) bond motifs is 1. The smallest absolute Gasteiger partial charge is 0.192 e. The van der Waals surface area contributed by atoms with Crippen LogP contribution in [0, 0.1) is 18.8 Å². The van der Waals surface area contributed by atoms with Gasteiger partial charge in [-0.3, -0.25) is 0 Å². The molecule has 1 aromatic rings. The van der Waals surface area contributed by atoms with Crippen LogP contribution in [0.5, 0.6) is 0 Å². The first-order chi connectivity index (χ1) is 12.2. The van der Waals surface area contributed by atoms with Crippen molar-refractivity contribution in [3.05, 3.63) is 24.3 Å². The molecule has 0 amide bonds. The van der Waals surface area contributed by atoms with Crippen molar-refractivity contribution >= 4 is 5.96 Å². The van der Waals surface area contributed by atoms with E-state index in [1.165, 1.54) is 44.9 Å². The highest BCUT2D eigenvalue weighted by Gasteiger charge is 2.32. The molecule has 0 aromatic carbocycles. The molecule has 0 saturated heterocycles. The Kier molecular flexibility index (Phi) is 6.10. The summed E-state index contributed by atoms with van der Waals surface area (Å²) >= 11 is 0. The second kappa shape index (κ2) is 8.50. The Morgan fingerprint density at radius 2 is 2.04 bits per heavy atom. The van der Waals surface area contributed by atoms with Crippen molar-refractivity contribution in [2.24, 2.45) is 23.9 Å². The maximum Gasteiger partial charge on any atom is 0.192 e. The molecule has 6 nitrogen and oxygen atoms in total. The van der Waals surface area contributed by atoms with Crippen molar-refractivity contribution in [3.8, 4) is 0 Å². The predicted octanol–water partition coefficient (Wildman–Crippen LogP) is 2.70. The molecular formula is C19H32N6.